The maximum atomic E-state index is 5.64. The molecule has 0 amide bonds. The lowest BCUT2D eigenvalue weighted by Gasteiger charge is -2.10. The number of aromatic nitrogens is 2. The molecule has 0 radical (unpaired) electrons. The Morgan fingerprint density at radius 2 is 1.84 bits per heavy atom. The molecule has 1 aliphatic heterocycles. The summed E-state index contributed by atoms with van der Waals surface area (Å²) in [5.74, 6) is 2.77. The zero-order chi connectivity index (χ0) is 22.9. The van der Waals surface area contributed by atoms with Gasteiger partial charge >= 0.3 is 0 Å². The number of aryl methyl sites for hydroxylation is 2. The number of rotatable bonds is 8. The highest BCUT2D eigenvalue weighted by molar-refractivity contribution is 5.96. The quantitative estimate of drug-likeness (QED) is 0.484. The molecule has 0 fully saturated rings. The minimum atomic E-state index is -0.0719. The summed E-state index contributed by atoms with van der Waals surface area (Å²) in [6.45, 7) is 1.84. The molecule has 0 unspecified atom stereocenters. The van der Waals surface area contributed by atoms with E-state index in [1.807, 2.05) is 37.4 Å². The summed E-state index contributed by atoms with van der Waals surface area (Å²) in [7, 11) is 3.18. The van der Waals surface area contributed by atoms with Gasteiger partial charge < -0.3 is 20.9 Å². The second kappa shape index (κ2) is 11.0. The van der Waals surface area contributed by atoms with Gasteiger partial charge in [0.15, 0.2) is 23.3 Å². The van der Waals surface area contributed by atoms with Gasteiger partial charge in [-0.2, -0.15) is 4.99 Å². The Bertz CT molecular complexity index is 1070. The number of nitrogens with two attached hydrogens (primary N) is 2. The molecule has 4 N–H and O–H groups in total. The van der Waals surface area contributed by atoms with Crippen LogP contribution >= 0.6 is 0 Å². The number of hydrogen-bond acceptors (Lipinski definition) is 6. The van der Waals surface area contributed by atoms with Crippen molar-refractivity contribution in [2.45, 2.75) is 39.0 Å². The molecule has 0 saturated carbocycles. The molecule has 168 valence electrons. The fraction of sp³-hybridized carbons (Fsp3) is 0.348. The highest BCUT2D eigenvalue weighted by atomic mass is 16.5. The summed E-state index contributed by atoms with van der Waals surface area (Å²) >= 11 is 0. The molecule has 0 aliphatic carbocycles. The molecule has 2 aromatic rings. The smallest absolute Gasteiger partial charge is 0.192 e. The summed E-state index contributed by atoms with van der Waals surface area (Å²) < 4.78 is 10.7. The number of allylic oxidation sites excluding steroid dienone is 2. The second-order valence-corrected chi connectivity index (χ2v) is 7.28. The number of amidine groups is 1. The van der Waals surface area contributed by atoms with Crippen molar-refractivity contribution >= 4 is 23.8 Å². The number of hydrogen-bond donors (Lipinski definition) is 2. The molecule has 0 atom stereocenters. The summed E-state index contributed by atoms with van der Waals surface area (Å²) in [6.07, 6.45) is 8.14. The lowest BCUT2D eigenvalue weighted by molar-refractivity contribution is 0.354. The first kappa shape index (κ1) is 22.9. The Morgan fingerprint density at radius 3 is 2.53 bits per heavy atom. The molecule has 1 aromatic heterocycles. The first-order valence-electron chi connectivity index (χ1n) is 10.4. The van der Waals surface area contributed by atoms with Crippen LogP contribution in [0.25, 0.3) is 0 Å². The lowest BCUT2D eigenvalue weighted by atomic mass is 10.1. The molecule has 0 saturated heterocycles. The van der Waals surface area contributed by atoms with Crippen LogP contribution in [0.2, 0.25) is 0 Å². The van der Waals surface area contributed by atoms with Gasteiger partial charge in [-0.25, -0.2) is 15.0 Å². The summed E-state index contributed by atoms with van der Waals surface area (Å²) in [5, 5.41) is 0. The Hall–Kier alpha value is -3.75. The first-order valence-corrected chi connectivity index (χ1v) is 10.4. The third-order valence-corrected chi connectivity index (χ3v) is 4.76. The fourth-order valence-corrected chi connectivity index (χ4v) is 3.34. The monoisotopic (exact) mass is 435 g/mol. The van der Waals surface area contributed by atoms with Crippen molar-refractivity contribution in [2.24, 2.45) is 26.4 Å². The standard InChI is InChI=1S/C23H29N7O2/c1-15-27-18(9-8-17-6-4-5-11-26-17)14-22(28-15)29-21(30-23(24)25)13-16-7-10-19(31-2)20(12-16)32-3/h6-7,10-12,14H,4-5,8-9,13H2,1-3H3,(H4,24,25,27,28,29,30). The minimum Gasteiger partial charge on any atom is -0.493 e. The van der Waals surface area contributed by atoms with Crippen molar-refractivity contribution in [3.05, 3.63) is 53.1 Å². The largest absolute Gasteiger partial charge is 0.493 e. The number of guanidine groups is 1. The van der Waals surface area contributed by atoms with Crippen molar-refractivity contribution in [3.63, 3.8) is 0 Å². The average Bonchev–Trinajstić information content (AvgIpc) is 2.77. The molecule has 9 nitrogen and oxygen atoms in total. The van der Waals surface area contributed by atoms with Crippen LogP contribution in [0.3, 0.4) is 0 Å². The number of ether oxygens (including phenoxy) is 2. The van der Waals surface area contributed by atoms with Crippen LogP contribution in [0.1, 0.15) is 36.3 Å². The van der Waals surface area contributed by atoms with E-state index in [0.29, 0.717) is 35.4 Å². The molecular weight excluding hydrogens is 406 g/mol. The van der Waals surface area contributed by atoms with Gasteiger partial charge in [-0.05, 0) is 50.3 Å². The Morgan fingerprint density at radius 1 is 1.03 bits per heavy atom. The number of methoxy groups -OCH3 is 2. The van der Waals surface area contributed by atoms with Gasteiger partial charge in [0.05, 0.1) is 14.2 Å². The number of nitrogens with zero attached hydrogens (tertiary/aromatic N) is 5. The van der Waals surface area contributed by atoms with Crippen LogP contribution in [-0.4, -0.2) is 42.2 Å². The van der Waals surface area contributed by atoms with Crippen molar-refractivity contribution in [3.8, 4) is 11.5 Å². The van der Waals surface area contributed by atoms with Crippen LogP contribution < -0.4 is 20.9 Å². The Balaban J connectivity index is 1.84. The fourth-order valence-electron chi connectivity index (χ4n) is 3.34. The van der Waals surface area contributed by atoms with E-state index >= 15 is 0 Å². The third kappa shape index (κ3) is 6.63. The molecule has 1 aliphatic rings. The van der Waals surface area contributed by atoms with Gasteiger partial charge in [-0.1, -0.05) is 12.1 Å². The third-order valence-electron chi connectivity index (χ3n) is 4.76. The zero-order valence-electron chi connectivity index (χ0n) is 18.7. The van der Waals surface area contributed by atoms with E-state index in [9.17, 15) is 0 Å². The van der Waals surface area contributed by atoms with Crippen molar-refractivity contribution < 1.29 is 9.47 Å². The Labute approximate surface area is 188 Å². The maximum absolute atomic E-state index is 5.64. The van der Waals surface area contributed by atoms with E-state index in [2.05, 4.69) is 31.0 Å². The summed E-state index contributed by atoms with van der Waals surface area (Å²) in [6, 6.07) is 7.47. The van der Waals surface area contributed by atoms with E-state index in [0.717, 1.165) is 42.6 Å². The van der Waals surface area contributed by atoms with Crippen LogP contribution in [0.15, 0.2) is 51.0 Å². The highest BCUT2D eigenvalue weighted by Crippen LogP contribution is 2.28. The van der Waals surface area contributed by atoms with Gasteiger partial charge in [0.1, 0.15) is 11.7 Å². The van der Waals surface area contributed by atoms with Crippen LogP contribution in [0.4, 0.5) is 5.82 Å². The van der Waals surface area contributed by atoms with Crippen molar-refractivity contribution in [2.75, 3.05) is 14.2 Å². The van der Waals surface area contributed by atoms with Crippen LogP contribution in [-0.2, 0) is 12.8 Å². The van der Waals surface area contributed by atoms with Crippen LogP contribution in [0, 0.1) is 6.92 Å². The van der Waals surface area contributed by atoms with E-state index in [-0.39, 0.29) is 5.96 Å². The normalized spacial score (nSPS) is 13.5. The molecule has 1 aromatic carbocycles. The van der Waals surface area contributed by atoms with Crippen molar-refractivity contribution in [1.29, 1.82) is 0 Å². The van der Waals surface area contributed by atoms with Crippen LogP contribution in [0.5, 0.6) is 11.5 Å². The molecule has 9 heteroatoms. The van der Waals surface area contributed by atoms with E-state index in [4.69, 9.17) is 20.9 Å². The minimum absolute atomic E-state index is 0.0719. The first-order chi connectivity index (χ1) is 15.5. The molecule has 32 heavy (non-hydrogen) atoms. The van der Waals surface area contributed by atoms with Gasteiger partial charge in [-0.15, -0.1) is 0 Å². The predicted octanol–water partition coefficient (Wildman–Crippen LogP) is 3.03. The van der Waals surface area contributed by atoms with Gasteiger partial charge in [0.2, 0.25) is 0 Å². The highest BCUT2D eigenvalue weighted by Gasteiger charge is 2.10. The predicted molar refractivity (Wildman–Crippen MR) is 127 cm³/mol. The topological polar surface area (TPSA) is 133 Å². The SMILES string of the molecule is COc1ccc(CC(N=C(N)N)=Nc2cc(CCC3=CCCC=N3)nc(C)n2)cc1OC. The summed E-state index contributed by atoms with van der Waals surface area (Å²) in [5.41, 5.74) is 14.2. The van der Waals surface area contributed by atoms with Gasteiger partial charge in [0, 0.05) is 30.1 Å². The van der Waals surface area contributed by atoms with Crippen molar-refractivity contribution in [1.82, 2.24) is 9.97 Å². The average molecular weight is 436 g/mol. The van der Waals surface area contributed by atoms with Gasteiger partial charge in [0.25, 0.3) is 0 Å². The van der Waals surface area contributed by atoms with E-state index in [1.165, 1.54) is 0 Å². The number of benzene rings is 1. The Kier molecular flexibility index (Phi) is 7.91. The van der Waals surface area contributed by atoms with E-state index in [1.54, 1.807) is 14.2 Å². The molecular formula is C23H29N7O2. The van der Waals surface area contributed by atoms with E-state index < -0.39 is 0 Å². The lowest BCUT2D eigenvalue weighted by Crippen LogP contribution is -2.24. The molecule has 0 bridgehead atoms. The molecule has 0 spiro atoms. The summed E-state index contributed by atoms with van der Waals surface area (Å²) in [4.78, 5) is 22.2. The maximum Gasteiger partial charge on any atom is 0.192 e. The zero-order valence-corrected chi connectivity index (χ0v) is 18.7. The molecule has 3 rings (SSSR count). The van der Waals surface area contributed by atoms with Gasteiger partial charge in [-0.3, -0.25) is 4.99 Å². The second-order valence-electron chi connectivity index (χ2n) is 7.28. The molecule has 2 heterocycles. The number of aliphatic imine (C=N–C) groups is 3.